The SMILES string of the molecule is CN1C(C(=O)c2cccc(C(F)(F)F)c2)=C(O)c2ccccc2S1(=O)=O. The van der Waals surface area contributed by atoms with Crippen molar-refractivity contribution in [3.8, 4) is 0 Å². The zero-order valence-electron chi connectivity index (χ0n) is 13.3. The predicted octanol–water partition coefficient (Wildman–Crippen LogP) is 3.45. The average Bonchev–Trinajstić information content (AvgIpc) is 2.60. The van der Waals surface area contributed by atoms with E-state index in [4.69, 9.17) is 0 Å². The van der Waals surface area contributed by atoms with Crippen LogP contribution in [0.1, 0.15) is 21.5 Å². The van der Waals surface area contributed by atoms with Gasteiger partial charge in [-0.3, -0.25) is 9.10 Å². The molecule has 3 rings (SSSR count). The van der Waals surface area contributed by atoms with Crippen molar-refractivity contribution in [2.24, 2.45) is 0 Å². The number of aliphatic hydroxyl groups is 1. The number of nitrogens with zero attached hydrogens (tertiary/aromatic N) is 1. The van der Waals surface area contributed by atoms with Gasteiger partial charge in [0.2, 0.25) is 5.78 Å². The van der Waals surface area contributed by atoms with Crippen molar-refractivity contribution in [3.05, 3.63) is 70.9 Å². The number of likely N-dealkylation sites (N-methyl/N-ethyl adjacent to an activating group) is 1. The van der Waals surface area contributed by atoms with Crippen LogP contribution in [0.25, 0.3) is 5.76 Å². The third-order valence-corrected chi connectivity index (χ3v) is 5.80. The molecule has 0 bridgehead atoms. The Morgan fingerprint density at radius 2 is 1.73 bits per heavy atom. The molecule has 0 unspecified atom stereocenters. The topological polar surface area (TPSA) is 74.7 Å². The van der Waals surface area contributed by atoms with E-state index in [0.29, 0.717) is 10.4 Å². The van der Waals surface area contributed by atoms with Crippen molar-refractivity contribution in [1.29, 1.82) is 0 Å². The molecule has 0 aromatic heterocycles. The van der Waals surface area contributed by atoms with E-state index >= 15 is 0 Å². The first kappa shape index (κ1) is 18.0. The van der Waals surface area contributed by atoms with Crippen molar-refractivity contribution < 1.29 is 31.5 Å². The number of allylic oxidation sites excluding steroid dienone is 1. The highest BCUT2D eigenvalue weighted by molar-refractivity contribution is 7.89. The van der Waals surface area contributed by atoms with Gasteiger partial charge in [0.1, 0.15) is 5.70 Å². The molecule has 1 heterocycles. The molecular formula is C17H12F3NO4S. The van der Waals surface area contributed by atoms with Crippen LogP contribution in [0.3, 0.4) is 0 Å². The number of Topliss-reactive ketones (excluding diaryl/α,β-unsaturated/α-hetero) is 1. The minimum absolute atomic E-state index is 0.0825. The lowest BCUT2D eigenvalue weighted by atomic mass is 10.0. The van der Waals surface area contributed by atoms with Gasteiger partial charge in [-0.1, -0.05) is 24.3 Å². The minimum atomic E-state index is -4.66. The van der Waals surface area contributed by atoms with Crippen molar-refractivity contribution in [3.63, 3.8) is 0 Å². The number of rotatable bonds is 2. The Morgan fingerprint density at radius 3 is 2.38 bits per heavy atom. The Bertz CT molecular complexity index is 1040. The Morgan fingerprint density at radius 1 is 1.08 bits per heavy atom. The fraction of sp³-hybridized carbons (Fsp3) is 0.118. The molecule has 2 aromatic carbocycles. The second kappa shape index (κ2) is 5.87. The molecule has 1 aliphatic rings. The summed E-state index contributed by atoms with van der Waals surface area (Å²) in [5, 5.41) is 10.4. The van der Waals surface area contributed by atoms with Gasteiger partial charge < -0.3 is 5.11 Å². The molecule has 136 valence electrons. The molecule has 9 heteroatoms. The van der Waals surface area contributed by atoms with Crippen LogP contribution in [0.2, 0.25) is 0 Å². The molecule has 0 saturated heterocycles. The van der Waals surface area contributed by atoms with E-state index in [0.717, 1.165) is 25.2 Å². The first-order valence-corrected chi connectivity index (χ1v) is 8.72. The van der Waals surface area contributed by atoms with E-state index in [1.165, 1.54) is 24.3 Å². The molecular weight excluding hydrogens is 371 g/mol. The third kappa shape index (κ3) is 2.74. The number of carbonyl (C=O) groups excluding carboxylic acids is 1. The second-order valence-corrected chi connectivity index (χ2v) is 7.51. The molecule has 0 amide bonds. The maximum atomic E-state index is 12.9. The summed E-state index contributed by atoms with van der Waals surface area (Å²) in [6.45, 7) is 0. The van der Waals surface area contributed by atoms with E-state index in [1.807, 2.05) is 0 Å². The fourth-order valence-corrected chi connectivity index (χ4v) is 4.05. The minimum Gasteiger partial charge on any atom is -0.505 e. The lowest BCUT2D eigenvalue weighted by Crippen LogP contribution is -2.35. The zero-order valence-corrected chi connectivity index (χ0v) is 14.1. The van der Waals surface area contributed by atoms with Crippen molar-refractivity contribution in [2.75, 3.05) is 7.05 Å². The van der Waals surface area contributed by atoms with Crippen LogP contribution in [-0.2, 0) is 16.2 Å². The van der Waals surface area contributed by atoms with E-state index < -0.39 is 39.0 Å². The number of ketones is 1. The summed E-state index contributed by atoms with van der Waals surface area (Å²) < 4.78 is 64.3. The van der Waals surface area contributed by atoms with Crippen molar-refractivity contribution in [2.45, 2.75) is 11.1 Å². The van der Waals surface area contributed by atoms with Crippen molar-refractivity contribution in [1.82, 2.24) is 4.31 Å². The number of benzene rings is 2. The highest BCUT2D eigenvalue weighted by Crippen LogP contribution is 2.36. The number of alkyl halides is 3. The molecule has 26 heavy (non-hydrogen) atoms. The molecule has 0 saturated carbocycles. The van der Waals surface area contributed by atoms with Gasteiger partial charge in [-0.05, 0) is 24.3 Å². The third-order valence-electron chi connectivity index (χ3n) is 3.99. The second-order valence-electron chi connectivity index (χ2n) is 5.57. The maximum Gasteiger partial charge on any atom is 0.416 e. The molecule has 0 radical (unpaired) electrons. The van der Waals surface area contributed by atoms with E-state index in [9.17, 15) is 31.5 Å². The number of hydrogen-bond acceptors (Lipinski definition) is 4. The largest absolute Gasteiger partial charge is 0.505 e. The van der Waals surface area contributed by atoms with Crippen LogP contribution < -0.4 is 0 Å². The Kier molecular flexibility index (Phi) is 4.06. The maximum absolute atomic E-state index is 12.9. The van der Waals surface area contributed by atoms with E-state index in [2.05, 4.69) is 0 Å². The Labute approximate surface area is 147 Å². The highest BCUT2D eigenvalue weighted by Gasteiger charge is 2.38. The van der Waals surface area contributed by atoms with Gasteiger partial charge in [0, 0.05) is 18.2 Å². The average molecular weight is 383 g/mol. The van der Waals surface area contributed by atoms with E-state index in [1.54, 1.807) is 0 Å². The molecule has 0 aliphatic carbocycles. The summed E-state index contributed by atoms with van der Waals surface area (Å²) in [5.41, 5.74) is -2.13. The van der Waals surface area contributed by atoms with Gasteiger partial charge in [-0.25, -0.2) is 8.42 Å². The summed E-state index contributed by atoms with van der Waals surface area (Å²) in [6, 6.07) is 9.08. The number of hydrogen-bond donors (Lipinski definition) is 1. The normalized spacial score (nSPS) is 16.4. The first-order valence-electron chi connectivity index (χ1n) is 7.28. The fourth-order valence-electron chi connectivity index (χ4n) is 2.66. The number of sulfonamides is 1. The zero-order chi connectivity index (χ0) is 19.3. The lowest BCUT2D eigenvalue weighted by molar-refractivity contribution is -0.137. The van der Waals surface area contributed by atoms with Crippen LogP contribution in [0.15, 0.2) is 59.1 Å². The van der Waals surface area contributed by atoms with Crippen LogP contribution in [-0.4, -0.2) is 30.7 Å². The lowest BCUT2D eigenvalue weighted by Gasteiger charge is -2.28. The number of aliphatic hydroxyl groups excluding tert-OH is 1. The molecule has 1 aliphatic heterocycles. The molecule has 0 fully saturated rings. The van der Waals surface area contributed by atoms with Gasteiger partial charge in [-0.2, -0.15) is 13.2 Å². The number of halogens is 3. The first-order chi connectivity index (χ1) is 12.0. The van der Waals surface area contributed by atoms with Gasteiger partial charge in [-0.15, -0.1) is 0 Å². The highest BCUT2D eigenvalue weighted by atomic mass is 32.2. The predicted molar refractivity (Wildman–Crippen MR) is 86.7 cm³/mol. The molecule has 5 nitrogen and oxygen atoms in total. The summed E-state index contributed by atoms with van der Waals surface area (Å²) in [7, 11) is -3.06. The molecule has 0 atom stereocenters. The van der Waals surface area contributed by atoms with Crippen LogP contribution in [0, 0.1) is 0 Å². The smallest absolute Gasteiger partial charge is 0.416 e. The van der Waals surface area contributed by atoms with Gasteiger partial charge in [0.15, 0.2) is 5.76 Å². The Hall–Kier alpha value is -2.81. The summed E-state index contributed by atoms with van der Waals surface area (Å²) in [6.07, 6.45) is -4.66. The quantitative estimate of drug-likeness (QED) is 0.806. The molecule has 0 spiro atoms. The number of fused-ring (bicyclic) bond motifs is 1. The summed E-state index contributed by atoms with van der Waals surface area (Å²) >= 11 is 0. The Balaban J connectivity index is 2.19. The van der Waals surface area contributed by atoms with Crippen molar-refractivity contribution >= 4 is 21.6 Å². The van der Waals surface area contributed by atoms with Gasteiger partial charge in [0.05, 0.1) is 10.5 Å². The standard InChI is InChI=1S/C17H12F3NO4S/c1-21-14(15(22)10-5-4-6-11(9-10)17(18,19)20)16(23)12-7-2-3-8-13(12)26(21,24)25/h2-9,23H,1H3. The van der Waals surface area contributed by atoms with Crippen LogP contribution in [0.5, 0.6) is 0 Å². The van der Waals surface area contributed by atoms with Gasteiger partial charge >= 0.3 is 6.18 Å². The van der Waals surface area contributed by atoms with Crippen LogP contribution in [0.4, 0.5) is 13.2 Å². The summed E-state index contributed by atoms with van der Waals surface area (Å²) in [5.74, 6) is -1.64. The van der Waals surface area contributed by atoms with E-state index in [-0.39, 0.29) is 16.0 Å². The summed E-state index contributed by atoms with van der Waals surface area (Å²) in [4.78, 5) is 12.5. The number of carbonyl (C=O) groups is 1. The molecule has 2 aromatic rings. The van der Waals surface area contributed by atoms with Crippen LogP contribution >= 0.6 is 0 Å². The monoisotopic (exact) mass is 383 g/mol. The van der Waals surface area contributed by atoms with Gasteiger partial charge in [0.25, 0.3) is 10.0 Å². The molecule has 1 N–H and O–H groups in total.